The zero-order valence-corrected chi connectivity index (χ0v) is 9.02. The van der Waals surface area contributed by atoms with Gasteiger partial charge in [-0.25, -0.2) is 4.98 Å². The molecule has 0 aromatic carbocycles. The first-order valence-electron chi connectivity index (χ1n) is 5.31. The van der Waals surface area contributed by atoms with Gasteiger partial charge in [-0.15, -0.1) is 0 Å². The molecule has 1 aromatic rings. The van der Waals surface area contributed by atoms with Crippen LogP contribution in [0.3, 0.4) is 0 Å². The summed E-state index contributed by atoms with van der Waals surface area (Å²) in [5.41, 5.74) is 6.60. The van der Waals surface area contributed by atoms with E-state index in [0.717, 1.165) is 31.1 Å². The Bertz CT molecular complexity index is 312. The van der Waals surface area contributed by atoms with Gasteiger partial charge in [0.25, 0.3) is 0 Å². The Morgan fingerprint density at radius 2 is 2.47 bits per heavy atom. The molecule has 0 radical (unpaired) electrons. The third-order valence-electron chi connectivity index (χ3n) is 2.61. The third kappa shape index (κ3) is 2.46. The van der Waals surface area contributed by atoms with Gasteiger partial charge in [0, 0.05) is 25.8 Å². The molecule has 0 saturated carbocycles. The molecule has 1 aliphatic rings. The molecule has 0 amide bonds. The normalized spacial score (nSPS) is 21.7. The minimum absolute atomic E-state index is 0.287. The quantitative estimate of drug-likeness (QED) is 0.778. The summed E-state index contributed by atoms with van der Waals surface area (Å²) in [5, 5.41) is 0. The average Bonchev–Trinajstić information content (AvgIpc) is 2.29. The van der Waals surface area contributed by atoms with Crippen molar-refractivity contribution in [2.24, 2.45) is 5.73 Å². The van der Waals surface area contributed by atoms with Gasteiger partial charge in [-0.3, -0.25) is 0 Å². The van der Waals surface area contributed by atoms with Crippen LogP contribution in [0.1, 0.15) is 12.5 Å². The van der Waals surface area contributed by atoms with E-state index in [4.69, 9.17) is 10.5 Å². The van der Waals surface area contributed by atoms with Crippen LogP contribution in [0.15, 0.2) is 18.3 Å². The first-order chi connectivity index (χ1) is 7.29. The highest BCUT2D eigenvalue weighted by molar-refractivity contribution is 5.39. The summed E-state index contributed by atoms with van der Waals surface area (Å²) in [6.45, 7) is 5.24. The van der Waals surface area contributed by atoms with Crippen LogP contribution in [0.4, 0.5) is 5.82 Å². The first kappa shape index (κ1) is 10.4. The predicted molar refractivity (Wildman–Crippen MR) is 59.8 cm³/mol. The highest BCUT2D eigenvalue weighted by atomic mass is 16.5. The Morgan fingerprint density at radius 3 is 3.07 bits per heavy atom. The van der Waals surface area contributed by atoms with Gasteiger partial charge in [0.1, 0.15) is 5.82 Å². The molecular weight excluding hydrogens is 190 g/mol. The molecule has 0 aliphatic carbocycles. The second-order valence-corrected chi connectivity index (χ2v) is 3.86. The molecule has 4 nitrogen and oxygen atoms in total. The zero-order valence-electron chi connectivity index (χ0n) is 9.02. The van der Waals surface area contributed by atoms with Crippen LogP contribution < -0.4 is 10.6 Å². The minimum Gasteiger partial charge on any atom is -0.375 e. The van der Waals surface area contributed by atoms with Crippen molar-refractivity contribution in [3.8, 4) is 0 Å². The lowest BCUT2D eigenvalue weighted by molar-refractivity contribution is 0.0529. The molecule has 4 heteroatoms. The largest absolute Gasteiger partial charge is 0.375 e. The van der Waals surface area contributed by atoms with E-state index < -0.39 is 0 Å². The summed E-state index contributed by atoms with van der Waals surface area (Å²) in [7, 11) is 0. The van der Waals surface area contributed by atoms with E-state index in [1.165, 1.54) is 0 Å². The lowest BCUT2D eigenvalue weighted by Gasteiger charge is -2.32. The highest BCUT2D eigenvalue weighted by Gasteiger charge is 2.17. The molecule has 1 aromatic heterocycles. The second-order valence-electron chi connectivity index (χ2n) is 3.86. The fraction of sp³-hybridized carbons (Fsp3) is 0.545. The Balaban J connectivity index is 2.07. The number of ether oxygens (including phenoxy) is 1. The van der Waals surface area contributed by atoms with Crippen molar-refractivity contribution in [2.75, 3.05) is 24.6 Å². The molecule has 1 fully saturated rings. The lowest BCUT2D eigenvalue weighted by atomic mass is 10.2. The van der Waals surface area contributed by atoms with Crippen LogP contribution in [-0.4, -0.2) is 30.8 Å². The smallest absolute Gasteiger partial charge is 0.128 e. The topological polar surface area (TPSA) is 51.4 Å². The van der Waals surface area contributed by atoms with E-state index in [1.54, 1.807) is 0 Å². The molecule has 1 aliphatic heterocycles. The number of rotatable bonds is 2. The Morgan fingerprint density at radius 1 is 1.60 bits per heavy atom. The van der Waals surface area contributed by atoms with Crippen LogP contribution in [0.2, 0.25) is 0 Å². The number of pyridine rings is 1. The molecule has 1 atom stereocenters. The van der Waals surface area contributed by atoms with Gasteiger partial charge in [0.15, 0.2) is 0 Å². The monoisotopic (exact) mass is 207 g/mol. The van der Waals surface area contributed by atoms with E-state index in [2.05, 4.69) is 16.8 Å². The molecule has 0 bridgehead atoms. The van der Waals surface area contributed by atoms with Crippen molar-refractivity contribution < 1.29 is 4.74 Å². The highest BCUT2D eigenvalue weighted by Crippen LogP contribution is 2.15. The number of hydrogen-bond donors (Lipinski definition) is 1. The van der Waals surface area contributed by atoms with Gasteiger partial charge in [0.2, 0.25) is 0 Å². The number of hydrogen-bond acceptors (Lipinski definition) is 4. The van der Waals surface area contributed by atoms with Gasteiger partial charge in [-0.2, -0.15) is 0 Å². The standard InChI is InChI=1S/C11H17N3O/c1-9-8-14(4-5-15-9)11-3-2-10(6-12)7-13-11/h2-3,7,9H,4-6,8,12H2,1H3. The van der Waals surface area contributed by atoms with Crippen LogP contribution >= 0.6 is 0 Å². The maximum atomic E-state index is 5.53. The maximum absolute atomic E-state index is 5.53. The Hall–Kier alpha value is -1.13. The van der Waals surface area contributed by atoms with Gasteiger partial charge in [-0.05, 0) is 18.6 Å². The SMILES string of the molecule is CC1CN(c2ccc(CN)cn2)CCO1. The van der Waals surface area contributed by atoms with Gasteiger partial charge in [-0.1, -0.05) is 6.07 Å². The van der Waals surface area contributed by atoms with Crippen molar-refractivity contribution >= 4 is 5.82 Å². The number of anilines is 1. The molecule has 0 spiro atoms. The molecule has 2 heterocycles. The summed E-state index contributed by atoms with van der Waals surface area (Å²) in [4.78, 5) is 6.64. The van der Waals surface area contributed by atoms with Crippen LogP contribution in [0.25, 0.3) is 0 Å². The van der Waals surface area contributed by atoms with Gasteiger partial charge >= 0.3 is 0 Å². The molecule has 1 saturated heterocycles. The van der Waals surface area contributed by atoms with Crippen molar-refractivity contribution in [3.05, 3.63) is 23.9 Å². The van der Waals surface area contributed by atoms with Crippen molar-refractivity contribution in [1.82, 2.24) is 4.98 Å². The lowest BCUT2D eigenvalue weighted by Crippen LogP contribution is -2.41. The molecule has 1 unspecified atom stereocenters. The van der Waals surface area contributed by atoms with E-state index in [0.29, 0.717) is 6.54 Å². The van der Waals surface area contributed by atoms with E-state index in [1.807, 2.05) is 18.3 Å². The van der Waals surface area contributed by atoms with Crippen molar-refractivity contribution in [3.63, 3.8) is 0 Å². The molecule has 2 rings (SSSR count). The van der Waals surface area contributed by atoms with Gasteiger partial charge < -0.3 is 15.4 Å². The van der Waals surface area contributed by atoms with E-state index in [-0.39, 0.29) is 6.10 Å². The summed E-state index contributed by atoms with van der Waals surface area (Å²) in [6.07, 6.45) is 2.13. The zero-order chi connectivity index (χ0) is 10.7. The number of nitrogens with zero attached hydrogens (tertiary/aromatic N) is 2. The molecule has 15 heavy (non-hydrogen) atoms. The Kier molecular flexibility index (Phi) is 3.18. The summed E-state index contributed by atoms with van der Waals surface area (Å²) in [5.74, 6) is 1.02. The second kappa shape index (κ2) is 4.59. The Labute approximate surface area is 90.0 Å². The van der Waals surface area contributed by atoms with E-state index in [9.17, 15) is 0 Å². The molecule has 2 N–H and O–H groups in total. The predicted octanol–water partition coefficient (Wildman–Crippen LogP) is 0.765. The summed E-state index contributed by atoms with van der Waals surface area (Å²) >= 11 is 0. The summed E-state index contributed by atoms with van der Waals surface area (Å²) in [6, 6.07) is 4.06. The third-order valence-corrected chi connectivity index (χ3v) is 2.61. The van der Waals surface area contributed by atoms with Crippen LogP contribution in [0, 0.1) is 0 Å². The minimum atomic E-state index is 0.287. The molecule has 82 valence electrons. The van der Waals surface area contributed by atoms with E-state index >= 15 is 0 Å². The van der Waals surface area contributed by atoms with Crippen molar-refractivity contribution in [1.29, 1.82) is 0 Å². The number of aromatic nitrogens is 1. The van der Waals surface area contributed by atoms with Crippen LogP contribution in [0.5, 0.6) is 0 Å². The number of morpholine rings is 1. The average molecular weight is 207 g/mol. The molecular formula is C11H17N3O. The first-order valence-corrected chi connectivity index (χ1v) is 5.31. The fourth-order valence-electron chi connectivity index (χ4n) is 1.75. The van der Waals surface area contributed by atoms with Crippen molar-refractivity contribution in [2.45, 2.75) is 19.6 Å². The fourth-order valence-corrected chi connectivity index (χ4v) is 1.75. The maximum Gasteiger partial charge on any atom is 0.128 e. The van der Waals surface area contributed by atoms with Gasteiger partial charge in [0.05, 0.1) is 12.7 Å². The number of nitrogens with two attached hydrogens (primary N) is 1. The van der Waals surface area contributed by atoms with Crippen LogP contribution in [-0.2, 0) is 11.3 Å². The summed E-state index contributed by atoms with van der Waals surface area (Å²) < 4.78 is 5.48.